The second-order valence-electron chi connectivity index (χ2n) is 4.70. The second kappa shape index (κ2) is 7.12. The van der Waals surface area contributed by atoms with Crippen molar-refractivity contribution in [2.24, 2.45) is 0 Å². The van der Waals surface area contributed by atoms with Gasteiger partial charge in [-0.3, -0.25) is 4.79 Å². The molecule has 0 aliphatic heterocycles. The van der Waals surface area contributed by atoms with E-state index in [0.717, 1.165) is 23.5 Å². The van der Waals surface area contributed by atoms with Crippen LogP contribution in [0.3, 0.4) is 0 Å². The maximum absolute atomic E-state index is 13.9. The number of amides is 1. The number of alkyl halides is 3. The Morgan fingerprint density at radius 1 is 1.29 bits per heavy atom. The molecular weight excluding hydrogens is 355 g/mol. The maximum atomic E-state index is 13.9. The van der Waals surface area contributed by atoms with Gasteiger partial charge in [0.05, 0.1) is 18.7 Å². The van der Waals surface area contributed by atoms with E-state index in [4.69, 9.17) is 0 Å². The van der Waals surface area contributed by atoms with Crippen LogP contribution in [-0.2, 0) is 4.79 Å². The van der Waals surface area contributed by atoms with E-state index in [1.165, 1.54) is 12.3 Å². The molecule has 1 aromatic carbocycles. The number of halogens is 5. The quantitative estimate of drug-likeness (QED) is 0.799. The first-order valence-corrected chi connectivity index (χ1v) is 7.46. The summed E-state index contributed by atoms with van der Waals surface area (Å²) in [6.45, 7) is 0.396. The van der Waals surface area contributed by atoms with Crippen molar-refractivity contribution in [1.29, 1.82) is 0 Å². The number of carbonyl (C=O) groups excluding carboxylic acids is 1. The number of hydrogen-bond acceptors (Lipinski definition) is 4. The lowest BCUT2D eigenvalue weighted by Crippen LogP contribution is -2.14. The summed E-state index contributed by atoms with van der Waals surface area (Å²) in [5.74, 6) is -3.50. The van der Waals surface area contributed by atoms with Gasteiger partial charge in [0.1, 0.15) is 0 Å². The van der Waals surface area contributed by atoms with E-state index >= 15 is 0 Å². The highest BCUT2D eigenvalue weighted by Crippen LogP contribution is 2.31. The molecule has 1 heterocycles. The average molecular weight is 366 g/mol. The molecule has 10 heteroatoms. The van der Waals surface area contributed by atoms with Gasteiger partial charge in [-0.2, -0.15) is 13.2 Å². The van der Waals surface area contributed by atoms with Gasteiger partial charge in [-0.1, -0.05) is 0 Å². The Balaban J connectivity index is 2.17. The van der Waals surface area contributed by atoms with Crippen LogP contribution in [0.4, 0.5) is 27.1 Å². The van der Waals surface area contributed by atoms with E-state index in [0.29, 0.717) is 0 Å². The standard InChI is InChI=1S/C14H11F5N2O2S/c1-7(22)20-13-21-11(6-24-13)8-4-9(15)12(10(16)5-8)23-3-2-14(17,18)19/h4-6H,2-3H2,1H3,(H,20,21,22). The van der Waals surface area contributed by atoms with E-state index in [1.807, 2.05) is 0 Å². The molecule has 1 amide bonds. The van der Waals surface area contributed by atoms with Crippen molar-refractivity contribution >= 4 is 22.4 Å². The van der Waals surface area contributed by atoms with Gasteiger partial charge in [0.25, 0.3) is 0 Å². The Bertz CT molecular complexity index is 722. The molecule has 0 saturated carbocycles. The van der Waals surface area contributed by atoms with E-state index in [1.54, 1.807) is 0 Å². The van der Waals surface area contributed by atoms with Gasteiger partial charge in [0.2, 0.25) is 5.91 Å². The van der Waals surface area contributed by atoms with E-state index in [9.17, 15) is 26.7 Å². The molecule has 1 aromatic heterocycles. The lowest BCUT2D eigenvalue weighted by molar-refractivity contribution is -0.139. The smallest absolute Gasteiger partial charge is 0.392 e. The average Bonchev–Trinajstić information content (AvgIpc) is 2.88. The van der Waals surface area contributed by atoms with Crippen molar-refractivity contribution in [1.82, 2.24) is 4.98 Å². The van der Waals surface area contributed by atoms with E-state index in [2.05, 4.69) is 15.0 Å². The van der Waals surface area contributed by atoms with Crippen LogP contribution in [0, 0.1) is 11.6 Å². The lowest BCUT2D eigenvalue weighted by Gasteiger charge is -2.11. The predicted octanol–water partition coefficient (Wildman–Crippen LogP) is 4.38. The molecule has 2 rings (SSSR count). The Labute approximate surface area is 137 Å². The molecule has 1 N–H and O–H groups in total. The van der Waals surface area contributed by atoms with Crippen molar-refractivity contribution in [2.45, 2.75) is 19.5 Å². The Morgan fingerprint density at radius 2 is 1.92 bits per heavy atom. The van der Waals surface area contributed by atoms with Crippen LogP contribution >= 0.6 is 11.3 Å². The number of carbonyl (C=O) groups is 1. The highest BCUT2D eigenvalue weighted by atomic mass is 32.1. The molecular formula is C14H11F5N2O2S. The van der Waals surface area contributed by atoms with Crippen molar-refractivity contribution in [2.75, 3.05) is 11.9 Å². The van der Waals surface area contributed by atoms with Crippen LogP contribution in [0.5, 0.6) is 5.75 Å². The van der Waals surface area contributed by atoms with E-state index < -0.39 is 36.6 Å². The summed E-state index contributed by atoms with van der Waals surface area (Å²) in [7, 11) is 0. The molecule has 130 valence electrons. The third kappa shape index (κ3) is 4.88. The zero-order valence-electron chi connectivity index (χ0n) is 12.2. The third-order valence-corrected chi connectivity index (χ3v) is 3.47. The first kappa shape index (κ1) is 18.1. The molecule has 0 unspecified atom stereocenters. The van der Waals surface area contributed by atoms with E-state index in [-0.39, 0.29) is 22.3 Å². The van der Waals surface area contributed by atoms with Crippen molar-refractivity contribution in [3.63, 3.8) is 0 Å². The summed E-state index contributed by atoms with van der Waals surface area (Å²) in [5.41, 5.74) is 0.282. The highest BCUT2D eigenvalue weighted by Gasteiger charge is 2.27. The molecule has 0 saturated heterocycles. The molecule has 4 nitrogen and oxygen atoms in total. The minimum atomic E-state index is -4.48. The maximum Gasteiger partial charge on any atom is 0.392 e. The number of thiazole rings is 1. The third-order valence-electron chi connectivity index (χ3n) is 2.71. The summed E-state index contributed by atoms with van der Waals surface area (Å²) in [6.07, 6.45) is -5.80. The van der Waals surface area contributed by atoms with Crippen LogP contribution in [0.2, 0.25) is 0 Å². The number of rotatable bonds is 5. The van der Waals surface area contributed by atoms with Gasteiger partial charge < -0.3 is 10.1 Å². The summed E-state index contributed by atoms with van der Waals surface area (Å²) in [6, 6.07) is 1.80. The number of aromatic nitrogens is 1. The second-order valence-corrected chi connectivity index (χ2v) is 5.56. The van der Waals surface area contributed by atoms with Gasteiger partial charge >= 0.3 is 6.18 Å². The zero-order valence-corrected chi connectivity index (χ0v) is 13.0. The largest absolute Gasteiger partial charge is 0.487 e. The fourth-order valence-corrected chi connectivity index (χ4v) is 2.49. The first-order chi connectivity index (χ1) is 11.2. The van der Waals surface area contributed by atoms with Crippen LogP contribution < -0.4 is 10.1 Å². The van der Waals surface area contributed by atoms with Gasteiger partial charge in [-0.05, 0) is 12.1 Å². The van der Waals surface area contributed by atoms with Crippen LogP contribution in [-0.4, -0.2) is 23.7 Å². The first-order valence-electron chi connectivity index (χ1n) is 6.58. The Morgan fingerprint density at radius 3 is 2.46 bits per heavy atom. The molecule has 0 aliphatic carbocycles. The molecule has 0 fully saturated rings. The van der Waals surface area contributed by atoms with Crippen molar-refractivity contribution in [3.8, 4) is 17.0 Å². The van der Waals surface area contributed by atoms with Crippen molar-refractivity contribution in [3.05, 3.63) is 29.1 Å². The highest BCUT2D eigenvalue weighted by molar-refractivity contribution is 7.14. The number of anilines is 1. The SMILES string of the molecule is CC(=O)Nc1nc(-c2cc(F)c(OCCC(F)(F)F)c(F)c2)cs1. The normalized spacial score (nSPS) is 11.4. The summed E-state index contributed by atoms with van der Waals surface area (Å²) in [5, 5.41) is 4.16. The number of nitrogens with one attached hydrogen (secondary N) is 1. The zero-order chi connectivity index (χ0) is 17.9. The number of nitrogens with zero attached hydrogens (tertiary/aromatic N) is 1. The molecule has 24 heavy (non-hydrogen) atoms. The van der Waals surface area contributed by atoms with Gasteiger partial charge in [-0.25, -0.2) is 13.8 Å². The molecule has 0 aliphatic rings. The predicted molar refractivity (Wildman–Crippen MR) is 77.9 cm³/mol. The van der Waals surface area contributed by atoms with Gasteiger partial charge in [-0.15, -0.1) is 11.3 Å². The molecule has 0 radical (unpaired) electrons. The Hall–Kier alpha value is -2.23. The number of benzene rings is 1. The lowest BCUT2D eigenvalue weighted by atomic mass is 10.1. The minimum absolute atomic E-state index is 0.0704. The molecule has 0 spiro atoms. The topological polar surface area (TPSA) is 51.2 Å². The number of hydrogen-bond donors (Lipinski definition) is 1. The Kier molecular flexibility index (Phi) is 5.37. The fourth-order valence-electron chi connectivity index (χ4n) is 1.73. The fraction of sp³-hybridized carbons (Fsp3) is 0.286. The molecule has 2 aromatic rings. The van der Waals surface area contributed by atoms with Crippen LogP contribution in [0.1, 0.15) is 13.3 Å². The van der Waals surface area contributed by atoms with Crippen LogP contribution in [0.15, 0.2) is 17.5 Å². The van der Waals surface area contributed by atoms with Gasteiger partial charge in [0, 0.05) is 17.9 Å². The summed E-state index contributed by atoms with van der Waals surface area (Å²) >= 11 is 1.06. The molecule has 0 atom stereocenters. The molecule has 0 bridgehead atoms. The van der Waals surface area contributed by atoms with Gasteiger partial charge in [0.15, 0.2) is 22.5 Å². The monoisotopic (exact) mass is 366 g/mol. The van der Waals surface area contributed by atoms with Crippen molar-refractivity contribution < 1.29 is 31.5 Å². The minimum Gasteiger partial charge on any atom is -0.487 e. The summed E-state index contributed by atoms with van der Waals surface area (Å²) in [4.78, 5) is 14.9. The van der Waals surface area contributed by atoms with Crippen LogP contribution in [0.25, 0.3) is 11.3 Å². The summed E-state index contributed by atoms with van der Waals surface area (Å²) < 4.78 is 68.4. The number of ether oxygens (including phenoxy) is 1.